The lowest BCUT2D eigenvalue weighted by Crippen LogP contribution is -2.29. The largest absolute Gasteiger partial charge is 0.386 e. The van der Waals surface area contributed by atoms with Crippen molar-refractivity contribution < 1.29 is 9.84 Å². The predicted octanol–water partition coefficient (Wildman–Crippen LogP) is 2.06. The summed E-state index contributed by atoms with van der Waals surface area (Å²) >= 11 is 0. The molecule has 0 amide bonds. The fourth-order valence-electron chi connectivity index (χ4n) is 1.56. The van der Waals surface area contributed by atoms with E-state index in [2.05, 4.69) is 0 Å². The number of ether oxygens (including phenoxy) is 1. The average Bonchev–Trinajstić information content (AvgIpc) is 2.23. The molecule has 0 fully saturated rings. The van der Waals surface area contributed by atoms with Gasteiger partial charge in [-0.3, -0.25) is 0 Å². The molecule has 2 heteroatoms. The van der Waals surface area contributed by atoms with Crippen LogP contribution in [0.1, 0.15) is 18.6 Å². The van der Waals surface area contributed by atoms with Crippen molar-refractivity contribution in [3.8, 4) is 0 Å². The summed E-state index contributed by atoms with van der Waals surface area (Å²) in [6.45, 7) is 1.88. The number of aliphatic hydroxyl groups excluding tert-OH is 1. The molecule has 0 aromatic heterocycles. The van der Waals surface area contributed by atoms with Gasteiger partial charge in [-0.15, -0.1) is 0 Å². The zero-order valence-electron chi connectivity index (χ0n) is 8.13. The number of hydrogen-bond donors (Lipinski definition) is 1. The van der Waals surface area contributed by atoms with Crippen LogP contribution < -0.4 is 0 Å². The molecule has 0 radical (unpaired) electrons. The minimum absolute atomic E-state index is 0.0189. The van der Waals surface area contributed by atoms with Crippen LogP contribution in [0.2, 0.25) is 0 Å². The van der Waals surface area contributed by atoms with E-state index in [1.54, 1.807) is 6.08 Å². The molecule has 0 unspecified atom stereocenters. The van der Waals surface area contributed by atoms with Crippen LogP contribution in [0.25, 0.3) is 0 Å². The van der Waals surface area contributed by atoms with E-state index in [9.17, 15) is 5.11 Å². The Kier molecular flexibility index (Phi) is 2.66. The van der Waals surface area contributed by atoms with Crippen molar-refractivity contribution in [3.05, 3.63) is 48.0 Å². The van der Waals surface area contributed by atoms with Crippen LogP contribution in [0.15, 0.2) is 42.5 Å². The Bertz CT molecular complexity index is 318. The number of aliphatic hydroxyl groups is 1. The van der Waals surface area contributed by atoms with Gasteiger partial charge in [-0.05, 0) is 12.5 Å². The first kappa shape index (κ1) is 9.44. The van der Waals surface area contributed by atoms with Crippen molar-refractivity contribution in [1.82, 2.24) is 0 Å². The highest BCUT2D eigenvalue weighted by Crippen LogP contribution is 2.25. The molecule has 1 aliphatic heterocycles. The highest BCUT2D eigenvalue weighted by Gasteiger charge is 2.22. The third-order valence-electron chi connectivity index (χ3n) is 2.45. The Morgan fingerprint density at radius 2 is 1.86 bits per heavy atom. The zero-order valence-corrected chi connectivity index (χ0v) is 8.13. The molecule has 74 valence electrons. The van der Waals surface area contributed by atoms with Gasteiger partial charge in [0.2, 0.25) is 0 Å². The molecule has 1 aromatic rings. The maximum atomic E-state index is 9.43. The fraction of sp³-hybridized carbons (Fsp3) is 0.333. The van der Waals surface area contributed by atoms with Gasteiger partial charge in [0.15, 0.2) is 0 Å². The molecular formula is C12H14O2. The lowest BCUT2D eigenvalue weighted by Gasteiger charge is -2.27. The summed E-state index contributed by atoms with van der Waals surface area (Å²) in [6, 6.07) is 10.0. The van der Waals surface area contributed by atoms with Gasteiger partial charge in [-0.1, -0.05) is 42.5 Å². The van der Waals surface area contributed by atoms with Gasteiger partial charge in [0, 0.05) is 0 Å². The van der Waals surface area contributed by atoms with E-state index in [4.69, 9.17) is 4.74 Å². The molecule has 0 bridgehead atoms. The summed E-state index contributed by atoms with van der Waals surface area (Å²) in [7, 11) is 0. The van der Waals surface area contributed by atoms with Crippen LogP contribution in [0, 0.1) is 0 Å². The molecule has 3 atom stereocenters. The van der Waals surface area contributed by atoms with Gasteiger partial charge in [0.05, 0.1) is 12.2 Å². The summed E-state index contributed by atoms with van der Waals surface area (Å²) in [5, 5.41) is 9.43. The minimum atomic E-state index is -0.477. The minimum Gasteiger partial charge on any atom is -0.386 e. The van der Waals surface area contributed by atoms with Gasteiger partial charge >= 0.3 is 0 Å². The Hall–Kier alpha value is -1.12. The monoisotopic (exact) mass is 190 g/mol. The van der Waals surface area contributed by atoms with Gasteiger partial charge < -0.3 is 9.84 Å². The highest BCUT2D eigenvalue weighted by atomic mass is 16.5. The fourth-order valence-corrected chi connectivity index (χ4v) is 1.56. The zero-order chi connectivity index (χ0) is 9.97. The van der Waals surface area contributed by atoms with Gasteiger partial charge in [0.1, 0.15) is 6.10 Å². The topological polar surface area (TPSA) is 29.5 Å². The lowest BCUT2D eigenvalue weighted by molar-refractivity contribution is -0.0469. The SMILES string of the molecule is C[C@H]1O[C@@H](c2ccccc2)C=C[C@@H]1O. The molecule has 1 aromatic carbocycles. The molecule has 0 saturated heterocycles. The summed E-state index contributed by atoms with van der Waals surface area (Å²) in [5.41, 5.74) is 1.13. The Morgan fingerprint density at radius 1 is 1.14 bits per heavy atom. The summed E-state index contributed by atoms with van der Waals surface area (Å²) in [4.78, 5) is 0. The first-order valence-corrected chi connectivity index (χ1v) is 4.84. The number of rotatable bonds is 1. The van der Waals surface area contributed by atoms with E-state index in [0.29, 0.717) is 0 Å². The van der Waals surface area contributed by atoms with E-state index < -0.39 is 6.10 Å². The molecule has 1 aliphatic rings. The maximum absolute atomic E-state index is 9.43. The molecule has 0 aliphatic carbocycles. The molecule has 1 heterocycles. The first-order chi connectivity index (χ1) is 6.77. The highest BCUT2D eigenvalue weighted by molar-refractivity contribution is 5.23. The normalized spacial score (nSPS) is 31.7. The van der Waals surface area contributed by atoms with Crippen molar-refractivity contribution in [1.29, 1.82) is 0 Å². The van der Waals surface area contributed by atoms with Crippen LogP contribution in [-0.4, -0.2) is 17.3 Å². The third-order valence-corrected chi connectivity index (χ3v) is 2.45. The number of hydrogen-bond acceptors (Lipinski definition) is 2. The van der Waals surface area contributed by atoms with Crippen molar-refractivity contribution in [2.45, 2.75) is 25.2 Å². The van der Waals surface area contributed by atoms with E-state index >= 15 is 0 Å². The summed E-state index contributed by atoms with van der Waals surface area (Å²) < 4.78 is 5.65. The Morgan fingerprint density at radius 3 is 2.50 bits per heavy atom. The van der Waals surface area contributed by atoms with Gasteiger partial charge in [0.25, 0.3) is 0 Å². The molecule has 2 rings (SSSR count). The van der Waals surface area contributed by atoms with Crippen LogP contribution >= 0.6 is 0 Å². The second-order valence-corrected chi connectivity index (χ2v) is 3.55. The van der Waals surface area contributed by atoms with Crippen molar-refractivity contribution >= 4 is 0 Å². The maximum Gasteiger partial charge on any atom is 0.101 e. The number of benzene rings is 1. The van der Waals surface area contributed by atoms with E-state index in [1.807, 2.05) is 43.3 Å². The van der Waals surface area contributed by atoms with Crippen LogP contribution in [-0.2, 0) is 4.74 Å². The predicted molar refractivity (Wildman–Crippen MR) is 54.9 cm³/mol. The lowest BCUT2D eigenvalue weighted by atomic mass is 10.0. The molecule has 0 saturated carbocycles. The van der Waals surface area contributed by atoms with Crippen molar-refractivity contribution in [2.75, 3.05) is 0 Å². The summed E-state index contributed by atoms with van der Waals surface area (Å²) in [6.07, 6.45) is 3.07. The quantitative estimate of drug-likeness (QED) is 0.687. The van der Waals surface area contributed by atoms with Crippen LogP contribution in [0.5, 0.6) is 0 Å². The van der Waals surface area contributed by atoms with E-state index in [-0.39, 0.29) is 12.2 Å². The molecule has 1 N–H and O–H groups in total. The van der Waals surface area contributed by atoms with E-state index in [1.165, 1.54) is 0 Å². The smallest absolute Gasteiger partial charge is 0.101 e. The molecule has 0 spiro atoms. The standard InChI is InChI=1S/C12H14O2/c1-9-11(13)7-8-12(14-9)10-5-3-2-4-6-10/h2-9,11-13H,1H3/t9-,11+,12-/m1/s1. The Labute approximate surface area is 83.8 Å². The average molecular weight is 190 g/mol. The second-order valence-electron chi connectivity index (χ2n) is 3.55. The van der Waals surface area contributed by atoms with Crippen molar-refractivity contribution in [3.63, 3.8) is 0 Å². The van der Waals surface area contributed by atoms with Gasteiger partial charge in [-0.25, -0.2) is 0 Å². The molecular weight excluding hydrogens is 176 g/mol. The second kappa shape index (κ2) is 3.95. The third kappa shape index (κ3) is 1.86. The molecule has 2 nitrogen and oxygen atoms in total. The Balaban J connectivity index is 2.18. The van der Waals surface area contributed by atoms with Crippen molar-refractivity contribution in [2.24, 2.45) is 0 Å². The van der Waals surface area contributed by atoms with Crippen LogP contribution in [0.4, 0.5) is 0 Å². The first-order valence-electron chi connectivity index (χ1n) is 4.84. The molecule has 14 heavy (non-hydrogen) atoms. The van der Waals surface area contributed by atoms with Crippen LogP contribution in [0.3, 0.4) is 0 Å². The summed E-state index contributed by atoms with van der Waals surface area (Å²) in [5.74, 6) is 0. The van der Waals surface area contributed by atoms with E-state index in [0.717, 1.165) is 5.56 Å². The van der Waals surface area contributed by atoms with Gasteiger partial charge in [-0.2, -0.15) is 0 Å².